The van der Waals surface area contributed by atoms with Gasteiger partial charge in [0.1, 0.15) is 0 Å². The monoisotopic (exact) mass is 478 g/mol. The summed E-state index contributed by atoms with van der Waals surface area (Å²) in [6, 6.07) is 15.4. The van der Waals surface area contributed by atoms with E-state index in [4.69, 9.17) is 9.47 Å². The van der Waals surface area contributed by atoms with Crippen LogP contribution in [0.5, 0.6) is 11.5 Å². The van der Waals surface area contributed by atoms with E-state index in [1.54, 1.807) is 49.2 Å². The van der Waals surface area contributed by atoms with Crippen LogP contribution in [0.25, 0.3) is 11.0 Å². The first-order chi connectivity index (χ1) is 16.5. The second-order valence-corrected chi connectivity index (χ2v) is 8.32. The molecule has 9 nitrogen and oxygen atoms in total. The van der Waals surface area contributed by atoms with Gasteiger partial charge in [-0.2, -0.15) is 0 Å². The van der Waals surface area contributed by atoms with Gasteiger partial charge in [-0.05, 0) is 41.8 Å². The zero-order valence-electron chi connectivity index (χ0n) is 18.6. The van der Waals surface area contributed by atoms with E-state index in [0.29, 0.717) is 46.4 Å². The number of rotatable bonds is 9. The largest absolute Gasteiger partial charge is 0.493 e. The standard InChI is InChI=1S/C24H22N4O5S/c1-32-20-10-7-16(14-21(20)33-2)11-13-27-23(29)19-4-3-12-25-22(19)26-24(27)34-15-17-5-8-18(9-6-17)28(30)31/h3-10,12,14H,11,13,15H2,1-2H3. The summed E-state index contributed by atoms with van der Waals surface area (Å²) in [5.74, 6) is 1.77. The second kappa shape index (κ2) is 10.3. The highest BCUT2D eigenvalue weighted by molar-refractivity contribution is 7.98. The number of non-ortho nitro benzene ring substituents is 1. The van der Waals surface area contributed by atoms with Gasteiger partial charge in [0.05, 0.1) is 24.5 Å². The molecule has 2 heterocycles. The quantitative estimate of drug-likeness (QED) is 0.152. The van der Waals surface area contributed by atoms with Crippen molar-refractivity contribution in [2.45, 2.75) is 23.9 Å². The van der Waals surface area contributed by atoms with Crippen LogP contribution in [0.15, 0.2) is 70.7 Å². The maximum atomic E-state index is 13.3. The van der Waals surface area contributed by atoms with Crippen LogP contribution in [0.1, 0.15) is 11.1 Å². The lowest BCUT2D eigenvalue weighted by Crippen LogP contribution is -2.24. The number of hydrogen-bond acceptors (Lipinski definition) is 8. The van der Waals surface area contributed by atoms with Gasteiger partial charge >= 0.3 is 0 Å². The first-order valence-corrected chi connectivity index (χ1v) is 11.4. The molecule has 0 aliphatic rings. The van der Waals surface area contributed by atoms with Crippen LogP contribution in [0, 0.1) is 10.1 Å². The molecule has 0 aliphatic heterocycles. The van der Waals surface area contributed by atoms with E-state index in [2.05, 4.69) is 9.97 Å². The topological polar surface area (TPSA) is 109 Å². The predicted octanol–water partition coefficient (Wildman–Crippen LogP) is 4.25. The average molecular weight is 479 g/mol. The summed E-state index contributed by atoms with van der Waals surface area (Å²) in [4.78, 5) is 32.6. The normalized spacial score (nSPS) is 10.9. The summed E-state index contributed by atoms with van der Waals surface area (Å²) in [5.41, 5.74) is 2.14. The van der Waals surface area contributed by atoms with Crippen molar-refractivity contribution in [3.05, 3.63) is 92.4 Å². The number of methoxy groups -OCH3 is 2. The molecule has 34 heavy (non-hydrogen) atoms. The molecular weight excluding hydrogens is 456 g/mol. The van der Waals surface area contributed by atoms with Crippen molar-refractivity contribution in [3.63, 3.8) is 0 Å². The molecule has 0 atom stereocenters. The highest BCUT2D eigenvalue weighted by Gasteiger charge is 2.14. The number of pyridine rings is 1. The SMILES string of the molecule is COc1ccc(CCn2c(SCc3ccc([N+](=O)[O-])cc3)nc3ncccc3c2=O)cc1OC. The summed E-state index contributed by atoms with van der Waals surface area (Å²) in [6.07, 6.45) is 2.19. The summed E-state index contributed by atoms with van der Waals surface area (Å²) in [5, 5.41) is 11.9. The highest BCUT2D eigenvalue weighted by Crippen LogP contribution is 2.28. The predicted molar refractivity (Wildman–Crippen MR) is 130 cm³/mol. The van der Waals surface area contributed by atoms with Gasteiger partial charge in [-0.3, -0.25) is 19.5 Å². The molecule has 174 valence electrons. The van der Waals surface area contributed by atoms with Crippen molar-refractivity contribution in [1.82, 2.24) is 14.5 Å². The first kappa shape index (κ1) is 23.2. The molecule has 0 aliphatic carbocycles. The number of hydrogen-bond donors (Lipinski definition) is 0. The van der Waals surface area contributed by atoms with Crippen molar-refractivity contribution in [1.29, 1.82) is 0 Å². The Kier molecular flexibility index (Phi) is 7.07. The molecule has 0 radical (unpaired) electrons. The second-order valence-electron chi connectivity index (χ2n) is 7.38. The molecule has 0 fully saturated rings. The number of benzene rings is 2. The minimum absolute atomic E-state index is 0.0357. The van der Waals surface area contributed by atoms with Crippen molar-refractivity contribution < 1.29 is 14.4 Å². The lowest BCUT2D eigenvalue weighted by molar-refractivity contribution is -0.384. The summed E-state index contributed by atoms with van der Waals surface area (Å²) < 4.78 is 12.3. The number of nitrogens with zero attached hydrogens (tertiary/aromatic N) is 4. The van der Waals surface area contributed by atoms with Crippen LogP contribution in [0.2, 0.25) is 0 Å². The third kappa shape index (κ3) is 5.01. The highest BCUT2D eigenvalue weighted by atomic mass is 32.2. The first-order valence-electron chi connectivity index (χ1n) is 10.4. The maximum absolute atomic E-state index is 13.3. The Labute approximate surface area is 199 Å². The third-order valence-electron chi connectivity index (χ3n) is 5.28. The smallest absolute Gasteiger partial charge is 0.269 e. The number of ether oxygens (including phenoxy) is 2. The van der Waals surface area contributed by atoms with E-state index in [1.807, 2.05) is 18.2 Å². The Morgan fingerprint density at radius 2 is 1.76 bits per heavy atom. The molecular formula is C24H22N4O5S. The molecule has 0 saturated heterocycles. The molecule has 0 bridgehead atoms. The Bertz CT molecular complexity index is 1390. The van der Waals surface area contributed by atoms with Crippen LogP contribution < -0.4 is 15.0 Å². The number of aryl methyl sites for hydroxylation is 1. The molecule has 0 spiro atoms. The lowest BCUT2D eigenvalue weighted by atomic mass is 10.1. The van der Waals surface area contributed by atoms with E-state index >= 15 is 0 Å². The van der Waals surface area contributed by atoms with Crippen molar-refractivity contribution in [3.8, 4) is 11.5 Å². The Morgan fingerprint density at radius 1 is 1.03 bits per heavy atom. The van der Waals surface area contributed by atoms with E-state index in [1.165, 1.54) is 23.9 Å². The van der Waals surface area contributed by atoms with Gasteiger partial charge in [-0.1, -0.05) is 30.0 Å². The zero-order valence-corrected chi connectivity index (χ0v) is 19.4. The van der Waals surface area contributed by atoms with Gasteiger partial charge in [-0.15, -0.1) is 0 Å². The van der Waals surface area contributed by atoms with Gasteiger partial charge in [0.25, 0.3) is 11.2 Å². The van der Waals surface area contributed by atoms with Crippen molar-refractivity contribution in [2.75, 3.05) is 14.2 Å². The molecule has 0 N–H and O–H groups in total. The summed E-state index contributed by atoms with van der Waals surface area (Å²) >= 11 is 1.39. The van der Waals surface area contributed by atoms with Crippen molar-refractivity contribution >= 4 is 28.5 Å². The van der Waals surface area contributed by atoms with Crippen LogP contribution in [-0.2, 0) is 18.7 Å². The van der Waals surface area contributed by atoms with Crippen LogP contribution in [0.3, 0.4) is 0 Å². The summed E-state index contributed by atoms with van der Waals surface area (Å²) in [7, 11) is 3.17. The fourth-order valence-electron chi connectivity index (χ4n) is 3.48. The Hall–Kier alpha value is -3.92. The third-order valence-corrected chi connectivity index (χ3v) is 6.33. The molecule has 2 aromatic heterocycles. The van der Waals surface area contributed by atoms with Crippen LogP contribution >= 0.6 is 11.8 Å². The van der Waals surface area contributed by atoms with Gasteiger partial charge in [0.2, 0.25) is 0 Å². The van der Waals surface area contributed by atoms with Crippen LogP contribution in [-0.4, -0.2) is 33.7 Å². The number of thioether (sulfide) groups is 1. The van der Waals surface area contributed by atoms with E-state index in [0.717, 1.165) is 11.1 Å². The maximum Gasteiger partial charge on any atom is 0.269 e. The molecule has 4 rings (SSSR count). The number of fused-ring (bicyclic) bond motifs is 1. The van der Waals surface area contributed by atoms with Gasteiger partial charge in [0, 0.05) is 30.6 Å². The Morgan fingerprint density at radius 3 is 2.47 bits per heavy atom. The van der Waals surface area contributed by atoms with Gasteiger partial charge in [-0.25, -0.2) is 9.97 Å². The number of aromatic nitrogens is 3. The fourth-order valence-corrected chi connectivity index (χ4v) is 4.45. The molecule has 0 amide bonds. The zero-order chi connectivity index (χ0) is 24.1. The fraction of sp³-hybridized carbons (Fsp3) is 0.208. The number of nitro groups is 1. The average Bonchev–Trinajstić information content (AvgIpc) is 2.87. The van der Waals surface area contributed by atoms with Gasteiger partial charge in [0.15, 0.2) is 22.3 Å². The molecule has 0 saturated carbocycles. The minimum Gasteiger partial charge on any atom is -0.493 e. The Balaban J connectivity index is 1.62. The minimum atomic E-state index is -0.431. The summed E-state index contributed by atoms with van der Waals surface area (Å²) in [6.45, 7) is 0.411. The molecule has 4 aromatic rings. The molecule has 0 unspecified atom stereocenters. The molecule has 10 heteroatoms. The van der Waals surface area contributed by atoms with Crippen LogP contribution in [0.4, 0.5) is 5.69 Å². The number of nitro benzene ring substituents is 1. The lowest BCUT2D eigenvalue weighted by Gasteiger charge is -2.14. The van der Waals surface area contributed by atoms with Gasteiger partial charge < -0.3 is 9.47 Å². The van der Waals surface area contributed by atoms with Crippen molar-refractivity contribution in [2.24, 2.45) is 0 Å². The van der Waals surface area contributed by atoms with E-state index in [9.17, 15) is 14.9 Å². The van der Waals surface area contributed by atoms with E-state index < -0.39 is 4.92 Å². The van der Waals surface area contributed by atoms with E-state index in [-0.39, 0.29) is 11.2 Å². The molecule has 2 aromatic carbocycles.